The van der Waals surface area contributed by atoms with E-state index in [4.69, 9.17) is 0 Å². The zero-order chi connectivity index (χ0) is 15.2. The van der Waals surface area contributed by atoms with Crippen LogP contribution in [0.5, 0.6) is 0 Å². The van der Waals surface area contributed by atoms with E-state index in [1.807, 2.05) is 18.0 Å². The molecule has 0 aliphatic heterocycles. The van der Waals surface area contributed by atoms with E-state index in [1.165, 1.54) is 18.4 Å². The van der Waals surface area contributed by atoms with Gasteiger partial charge >= 0.3 is 0 Å². The number of nitrogens with zero attached hydrogens (tertiary/aromatic N) is 1. The molecular weight excluding hydrogens is 262 g/mol. The lowest BCUT2D eigenvalue weighted by Crippen LogP contribution is -2.37. The van der Waals surface area contributed by atoms with Gasteiger partial charge in [0.15, 0.2) is 0 Å². The number of para-hydroxylation sites is 1. The highest BCUT2D eigenvalue weighted by Gasteiger charge is 2.20. The molecule has 0 bridgehead atoms. The molecule has 0 radical (unpaired) electrons. The number of nitrogens with one attached hydrogen (secondary N) is 2. The predicted octanol–water partition coefficient (Wildman–Crippen LogP) is 2.15. The number of amides is 1. The molecule has 1 amide bonds. The first-order valence-corrected chi connectivity index (χ1v) is 7.85. The van der Waals surface area contributed by atoms with Crippen LogP contribution in [0.4, 0.5) is 5.69 Å². The molecule has 21 heavy (non-hydrogen) atoms. The van der Waals surface area contributed by atoms with Crippen molar-refractivity contribution < 1.29 is 4.79 Å². The van der Waals surface area contributed by atoms with Crippen molar-refractivity contribution in [1.29, 1.82) is 0 Å². The maximum Gasteiger partial charge on any atom is 0.239 e. The third kappa shape index (κ3) is 5.38. The van der Waals surface area contributed by atoms with Gasteiger partial charge in [-0.05, 0) is 30.4 Å². The largest absolute Gasteiger partial charge is 0.365 e. The van der Waals surface area contributed by atoms with Gasteiger partial charge in [-0.3, -0.25) is 4.79 Å². The van der Waals surface area contributed by atoms with Crippen LogP contribution in [-0.2, 0) is 11.3 Å². The maximum atomic E-state index is 12.0. The van der Waals surface area contributed by atoms with Crippen molar-refractivity contribution in [2.24, 2.45) is 5.92 Å². The Morgan fingerprint density at radius 2 is 2.05 bits per heavy atom. The van der Waals surface area contributed by atoms with Crippen molar-refractivity contribution >= 4 is 11.6 Å². The zero-order valence-corrected chi connectivity index (χ0v) is 13.4. The fourth-order valence-corrected chi connectivity index (χ4v) is 2.25. The molecule has 2 N–H and O–H groups in total. The monoisotopic (exact) mass is 289 g/mol. The lowest BCUT2D eigenvalue weighted by atomic mass is 10.1. The maximum absolute atomic E-state index is 12.0. The smallest absolute Gasteiger partial charge is 0.239 e. The summed E-state index contributed by atoms with van der Waals surface area (Å²) >= 11 is 0. The van der Waals surface area contributed by atoms with Crippen molar-refractivity contribution in [2.45, 2.75) is 39.3 Å². The minimum absolute atomic E-state index is 0.0798. The number of anilines is 1. The lowest BCUT2D eigenvalue weighted by Gasteiger charge is -2.22. The zero-order valence-electron chi connectivity index (χ0n) is 13.4. The van der Waals surface area contributed by atoms with Crippen LogP contribution in [0.2, 0.25) is 0 Å². The van der Waals surface area contributed by atoms with Gasteiger partial charge in [-0.25, -0.2) is 0 Å². The fourth-order valence-electron chi connectivity index (χ4n) is 2.25. The summed E-state index contributed by atoms with van der Waals surface area (Å²) in [4.78, 5) is 14.0. The molecule has 0 saturated heterocycles. The minimum Gasteiger partial charge on any atom is -0.365 e. The van der Waals surface area contributed by atoms with Gasteiger partial charge in [-0.15, -0.1) is 0 Å². The van der Waals surface area contributed by atoms with E-state index < -0.39 is 0 Å². The minimum atomic E-state index is 0.0798. The molecule has 0 unspecified atom stereocenters. The molecule has 0 heterocycles. The summed E-state index contributed by atoms with van der Waals surface area (Å²) in [5, 5.41) is 6.50. The third-order valence-corrected chi connectivity index (χ3v) is 3.65. The van der Waals surface area contributed by atoms with Crippen LogP contribution in [0.3, 0.4) is 0 Å². The first kappa shape index (κ1) is 15.8. The molecule has 1 aliphatic carbocycles. The summed E-state index contributed by atoms with van der Waals surface area (Å²) in [7, 11) is 1.98. The number of hydrogen-bond donors (Lipinski definition) is 2. The highest BCUT2D eigenvalue weighted by atomic mass is 16.2. The second-order valence-electron chi connectivity index (χ2n) is 6.34. The number of hydrogen-bond acceptors (Lipinski definition) is 3. The Balaban J connectivity index is 1.90. The van der Waals surface area contributed by atoms with E-state index in [0.29, 0.717) is 18.5 Å². The summed E-state index contributed by atoms with van der Waals surface area (Å²) in [6, 6.07) is 8.99. The van der Waals surface area contributed by atoms with Gasteiger partial charge in [0.05, 0.1) is 6.54 Å². The first-order valence-electron chi connectivity index (χ1n) is 7.85. The number of benzene rings is 1. The fraction of sp³-hybridized carbons (Fsp3) is 0.588. The molecule has 1 saturated carbocycles. The molecule has 0 spiro atoms. The summed E-state index contributed by atoms with van der Waals surface area (Å²) in [5.74, 6) is 0.561. The molecule has 2 rings (SSSR count). The summed E-state index contributed by atoms with van der Waals surface area (Å²) in [5.41, 5.74) is 2.38. The van der Waals surface area contributed by atoms with Crippen LogP contribution in [-0.4, -0.2) is 32.1 Å². The second-order valence-corrected chi connectivity index (χ2v) is 6.34. The van der Waals surface area contributed by atoms with E-state index in [1.54, 1.807) is 0 Å². The molecule has 0 aromatic heterocycles. The van der Waals surface area contributed by atoms with E-state index in [2.05, 4.69) is 42.7 Å². The molecule has 1 fully saturated rings. The number of carbonyl (C=O) groups is 1. The average Bonchev–Trinajstić information content (AvgIpc) is 3.27. The molecule has 4 heteroatoms. The van der Waals surface area contributed by atoms with Gasteiger partial charge in [0, 0.05) is 31.9 Å². The van der Waals surface area contributed by atoms with Crippen molar-refractivity contribution in [3.05, 3.63) is 29.8 Å². The topological polar surface area (TPSA) is 44.4 Å². The van der Waals surface area contributed by atoms with Crippen LogP contribution in [0.1, 0.15) is 32.3 Å². The lowest BCUT2D eigenvalue weighted by molar-refractivity contribution is -0.119. The molecule has 0 atom stereocenters. The van der Waals surface area contributed by atoms with Crippen molar-refractivity contribution in [2.75, 3.05) is 25.0 Å². The highest BCUT2D eigenvalue weighted by Crippen LogP contribution is 2.22. The molecule has 116 valence electrons. The Morgan fingerprint density at radius 1 is 1.33 bits per heavy atom. The Bertz CT molecular complexity index is 469. The Labute approximate surface area is 127 Å². The molecule has 1 aromatic carbocycles. The molecular formula is C17H27N3O. The van der Waals surface area contributed by atoms with Gasteiger partial charge in [0.2, 0.25) is 5.91 Å². The average molecular weight is 289 g/mol. The summed E-state index contributed by atoms with van der Waals surface area (Å²) in [6.45, 7) is 6.20. The van der Waals surface area contributed by atoms with E-state index in [0.717, 1.165) is 18.8 Å². The standard InChI is InChI=1S/C17H27N3O/c1-13(2)10-19-17(21)12-20(3)16-7-5-4-6-14(16)11-18-15-8-9-15/h4-7,13,15,18H,8-12H2,1-3H3,(H,19,21). The Hall–Kier alpha value is -1.55. The van der Waals surface area contributed by atoms with Crippen LogP contribution in [0.25, 0.3) is 0 Å². The van der Waals surface area contributed by atoms with Crippen molar-refractivity contribution in [3.63, 3.8) is 0 Å². The van der Waals surface area contributed by atoms with Crippen molar-refractivity contribution in [1.82, 2.24) is 10.6 Å². The SMILES string of the molecule is CC(C)CNC(=O)CN(C)c1ccccc1CNC1CC1. The molecule has 1 aliphatic rings. The Kier molecular flexibility index (Phi) is 5.62. The quantitative estimate of drug-likeness (QED) is 0.771. The van der Waals surface area contributed by atoms with Crippen molar-refractivity contribution in [3.8, 4) is 0 Å². The van der Waals surface area contributed by atoms with Crippen LogP contribution >= 0.6 is 0 Å². The summed E-state index contributed by atoms with van der Waals surface area (Å²) < 4.78 is 0. The third-order valence-electron chi connectivity index (χ3n) is 3.65. The molecule has 4 nitrogen and oxygen atoms in total. The van der Waals surface area contributed by atoms with Gasteiger partial charge in [0.25, 0.3) is 0 Å². The van der Waals surface area contributed by atoms with E-state index >= 15 is 0 Å². The first-order chi connectivity index (χ1) is 10.1. The second kappa shape index (κ2) is 7.46. The molecule has 1 aromatic rings. The number of likely N-dealkylation sites (N-methyl/N-ethyl adjacent to an activating group) is 1. The van der Waals surface area contributed by atoms with Gasteiger partial charge in [-0.1, -0.05) is 32.0 Å². The highest BCUT2D eigenvalue weighted by molar-refractivity contribution is 5.81. The van der Waals surface area contributed by atoms with Crippen LogP contribution < -0.4 is 15.5 Å². The van der Waals surface area contributed by atoms with Gasteiger partial charge in [-0.2, -0.15) is 0 Å². The van der Waals surface area contributed by atoms with Gasteiger partial charge in [0.1, 0.15) is 0 Å². The summed E-state index contributed by atoms with van der Waals surface area (Å²) in [6.07, 6.45) is 2.57. The normalized spacial score (nSPS) is 14.3. The predicted molar refractivity (Wildman–Crippen MR) is 87.4 cm³/mol. The number of carbonyl (C=O) groups excluding carboxylic acids is 1. The number of rotatable bonds is 8. The Morgan fingerprint density at radius 3 is 2.71 bits per heavy atom. The van der Waals surface area contributed by atoms with E-state index in [-0.39, 0.29) is 5.91 Å². The van der Waals surface area contributed by atoms with Gasteiger partial charge < -0.3 is 15.5 Å². The van der Waals surface area contributed by atoms with E-state index in [9.17, 15) is 4.79 Å². The van der Waals surface area contributed by atoms with Crippen LogP contribution in [0, 0.1) is 5.92 Å². The van der Waals surface area contributed by atoms with Crippen LogP contribution in [0.15, 0.2) is 24.3 Å².